The van der Waals surface area contributed by atoms with E-state index in [1.54, 1.807) is 17.0 Å². The standard InChI is InChI=1S/C21H22FN3O2/c1-2-24-16-9-4-3-8-15(16)23-21(24)17-10-6-12-25(17)19(27)13-14-7-5-11-18(26)20(14)22/h3-5,7-9,11,17,26H,2,6,10,12-13H2,1H3/t17-/m1/s1. The van der Waals surface area contributed by atoms with Crippen molar-refractivity contribution in [2.75, 3.05) is 6.54 Å². The van der Waals surface area contributed by atoms with Crippen molar-refractivity contribution >= 4 is 16.9 Å². The fourth-order valence-electron chi connectivity index (χ4n) is 3.98. The van der Waals surface area contributed by atoms with Crippen LogP contribution in [0.4, 0.5) is 4.39 Å². The van der Waals surface area contributed by atoms with Crippen molar-refractivity contribution in [2.45, 2.75) is 38.8 Å². The molecule has 5 nitrogen and oxygen atoms in total. The number of rotatable bonds is 4. The molecule has 0 aliphatic carbocycles. The predicted molar refractivity (Wildman–Crippen MR) is 101 cm³/mol. The van der Waals surface area contributed by atoms with Crippen molar-refractivity contribution in [1.29, 1.82) is 0 Å². The van der Waals surface area contributed by atoms with Gasteiger partial charge in [0.15, 0.2) is 11.6 Å². The number of hydrogen-bond acceptors (Lipinski definition) is 3. The zero-order valence-electron chi connectivity index (χ0n) is 15.2. The van der Waals surface area contributed by atoms with Crippen molar-refractivity contribution < 1.29 is 14.3 Å². The highest BCUT2D eigenvalue weighted by atomic mass is 19.1. The SMILES string of the molecule is CCn1c([C@H]2CCCN2C(=O)Cc2cccc(O)c2F)nc2ccccc21. The number of phenolic OH excluding ortho intramolecular Hbond substituents is 1. The van der Waals surface area contributed by atoms with Crippen molar-refractivity contribution in [1.82, 2.24) is 14.5 Å². The zero-order valence-corrected chi connectivity index (χ0v) is 15.2. The summed E-state index contributed by atoms with van der Waals surface area (Å²) < 4.78 is 16.2. The van der Waals surface area contributed by atoms with Crippen LogP contribution in [-0.2, 0) is 17.8 Å². The Morgan fingerprint density at radius 1 is 1.26 bits per heavy atom. The third-order valence-electron chi connectivity index (χ3n) is 5.27. The van der Waals surface area contributed by atoms with Crippen LogP contribution >= 0.6 is 0 Å². The lowest BCUT2D eigenvalue weighted by Gasteiger charge is -2.25. The molecule has 1 aromatic heterocycles. The van der Waals surface area contributed by atoms with Gasteiger partial charge in [0.2, 0.25) is 5.91 Å². The van der Waals surface area contributed by atoms with E-state index in [2.05, 4.69) is 11.5 Å². The number of phenols is 1. The number of halogens is 1. The quantitative estimate of drug-likeness (QED) is 0.763. The van der Waals surface area contributed by atoms with Gasteiger partial charge in [-0.2, -0.15) is 0 Å². The van der Waals surface area contributed by atoms with Crippen molar-refractivity contribution in [3.8, 4) is 5.75 Å². The molecular formula is C21H22FN3O2. The van der Waals surface area contributed by atoms with Crippen LogP contribution < -0.4 is 0 Å². The number of hydrogen-bond donors (Lipinski definition) is 1. The first-order valence-electron chi connectivity index (χ1n) is 9.31. The van der Waals surface area contributed by atoms with E-state index >= 15 is 0 Å². The number of nitrogens with zero attached hydrogens (tertiary/aromatic N) is 3. The number of aromatic nitrogens is 2. The Kier molecular flexibility index (Phi) is 4.56. The largest absolute Gasteiger partial charge is 0.505 e. The maximum atomic E-state index is 14.1. The third kappa shape index (κ3) is 3.05. The summed E-state index contributed by atoms with van der Waals surface area (Å²) in [5, 5.41) is 9.54. The van der Waals surface area contributed by atoms with Crippen LogP contribution in [0, 0.1) is 5.82 Å². The van der Waals surface area contributed by atoms with Crippen LogP contribution in [0.25, 0.3) is 11.0 Å². The number of carbonyl (C=O) groups excluding carboxylic acids is 1. The zero-order chi connectivity index (χ0) is 19.0. The number of likely N-dealkylation sites (tertiary alicyclic amines) is 1. The molecule has 1 fully saturated rings. The third-order valence-corrected chi connectivity index (χ3v) is 5.27. The number of imidazole rings is 1. The minimum absolute atomic E-state index is 0.0664. The van der Waals surface area contributed by atoms with E-state index in [9.17, 15) is 14.3 Å². The van der Waals surface area contributed by atoms with E-state index in [1.165, 1.54) is 6.07 Å². The van der Waals surface area contributed by atoms with E-state index in [0.717, 1.165) is 36.2 Å². The Morgan fingerprint density at radius 3 is 2.89 bits per heavy atom. The van der Waals surface area contributed by atoms with Crippen molar-refractivity contribution in [3.63, 3.8) is 0 Å². The van der Waals surface area contributed by atoms with Crippen LogP contribution in [0.15, 0.2) is 42.5 Å². The lowest BCUT2D eigenvalue weighted by atomic mass is 10.1. The molecule has 1 aliphatic heterocycles. The molecule has 6 heteroatoms. The Morgan fingerprint density at radius 2 is 2.07 bits per heavy atom. The van der Waals surface area contributed by atoms with E-state index < -0.39 is 11.6 Å². The maximum Gasteiger partial charge on any atom is 0.227 e. The summed E-state index contributed by atoms with van der Waals surface area (Å²) in [4.78, 5) is 19.5. The molecule has 140 valence electrons. The number of benzene rings is 2. The molecule has 3 aromatic rings. The monoisotopic (exact) mass is 367 g/mol. The van der Waals surface area contributed by atoms with Gasteiger partial charge in [0.25, 0.3) is 0 Å². The van der Waals surface area contributed by atoms with Gasteiger partial charge in [0.05, 0.1) is 23.5 Å². The molecule has 2 heterocycles. The van der Waals surface area contributed by atoms with Gasteiger partial charge < -0.3 is 14.6 Å². The summed E-state index contributed by atoms with van der Waals surface area (Å²) in [5.74, 6) is -0.397. The molecular weight excluding hydrogens is 345 g/mol. The molecule has 27 heavy (non-hydrogen) atoms. The van der Waals surface area contributed by atoms with Gasteiger partial charge in [-0.25, -0.2) is 9.37 Å². The van der Waals surface area contributed by atoms with Crippen LogP contribution in [-0.4, -0.2) is 32.0 Å². The van der Waals surface area contributed by atoms with Gasteiger partial charge in [-0.15, -0.1) is 0 Å². The van der Waals surface area contributed by atoms with E-state index in [0.29, 0.717) is 6.54 Å². The minimum atomic E-state index is -0.720. The fourth-order valence-corrected chi connectivity index (χ4v) is 3.98. The molecule has 0 saturated carbocycles. The number of fused-ring (bicyclic) bond motifs is 1. The second kappa shape index (κ2) is 7.02. The molecule has 0 spiro atoms. The second-order valence-corrected chi connectivity index (χ2v) is 6.88. The molecule has 0 radical (unpaired) electrons. The molecule has 0 unspecified atom stereocenters. The van der Waals surface area contributed by atoms with Gasteiger partial charge in [0, 0.05) is 18.7 Å². The van der Waals surface area contributed by atoms with Crippen LogP contribution in [0.5, 0.6) is 5.75 Å². The lowest BCUT2D eigenvalue weighted by Crippen LogP contribution is -2.33. The summed E-state index contributed by atoms with van der Waals surface area (Å²) in [6, 6.07) is 12.2. The maximum absolute atomic E-state index is 14.1. The highest BCUT2D eigenvalue weighted by Gasteiger charge is 2.33. The number of aryl methyl sites for hydroxylation is 1. The number of aromatic hydroxyl groups is 1. The van der Waals surface area contributed by atoms with E-state index in [1.807, 2.05) is 24.3 Å². The van der Waals surface area contributed by atoms with Crippen molar-refractivity contribution in [3.05, 3.63) is 59.7 Å². The molecule has 1 saturated heterocycles. The second-order valence-electron chi connectivity index (χ2n) is 6.88. The Bertz CT molecular complexity index is 998. The number of para-hydroxylation sites is 2. The summed E-state index contributed by atoms with van der Waals surface area (Å²) in [7, 11) is 0. The highest BCUT2D eigenvalue weighted by Crippen LogP contribution is 2.34. The normalized spacial score (nSPS) is 17.0. The van der Waals surface area contributed by atoms with Gasteiger partial charge in [-0.1, -0.05) is 24.3 Å². The lowest BCUT2D eigenvalue weighted by molar-refractivity contribution is -0.131. The molecule has 1 amide bonds. The Hall–Kier alpha value is -2.89. The Balaban J connectivity index is 1.64. The molecule has 0 bridgehead atoms. The van der Waals surface area contributed by atoms with Gasteiger partial charge in [-0.3, -0.25) is 4.79 Å². The first-order valence-corrected chi connectivity index (χ1v) is 9.31. The van der Waals surface area contributed by atoms with Gasteiger partial charge in [0.1, 0.15) is 5.82 Å². The van der Waals surface area contributed by atoms with E-state index in [-0.39, 0.29) is 23.9 Å². The average molecular weight is 367 g/mol. The predicted octanol–water partition coefficient (Wildman–Crippen LogP) is 3.81. The van der Waals surface area contributed by atoms with Crippen LogP contribution in [0.3, 0.4) is 0 Å². The first kappa shape index (κ1) is 17.5. The minimum Gasteiger partial charge on any atom is -0.505 e. The number of carbonyl (C=O) groups is 1. The smallest absolute Gasteiger partial charge is 0.227 e. The molecule has 1 aliphatic rings. The van der Waals surface area contributed by atoms with Gasteiger partial charge >= 0.3 is 0 Å². The summed E-state index contributed by atoms with van der Waals surface area (Å²) in [5.41, 5.74) is 2.20. The molecule has 4 rings (SSSR count). The van der Waals surface area contributed by atoms with E-state index in [4.69, 9.17) is 4.98 Å². The van der Waals surface area contributed by atoms with Gasteiger partial charge in [-0.05, 0) is 38.0 Å². The van der Waals surface area contributed by atoms with Crippen LogP contribution in [0.2, 0.25) is 0 Å². The Labute approximate surface area is 157 Å². The van der Waals surface area contributed by atoms with Crippen molar-refractivity contribution in [2.24, 2.45) is 0 Å². The summed E-state index contributed by atoms with van der Waals surface area (Å²) in [6.07, 6.45) is 1.67. The van der Waals surface area contributed by atoms with Crippen LogP contribution in [0.1, 0.15) is 37.2 Å². The topological polar surface area (TPSA) is 58.4 Å². The molecule has 2 aromatic carbocycles. The molecule has 1 atom stereocenters. The highest BCUT2D eigenvalue weighted by molar-refractivity contribution is 5.80. The average Bonchev–Trinajstić information content (AvgIpc) is 3.29. The fraction of sp³-hybridized carbons (Fsp3) is 0.333. The summed E-state index contributed by atoms with van der Waals surface area (Å²) >= 11 is 0. The summed E-state index contributed by atoms with van der Waals surface area (Å²) in [6.45, 7) is 3.48. The molecule has 1 N–H and O–H groups in total. The number of amides is 1. The first-order chi connectivity index (χ1) is 13.1.